The highest BCUT2D eigenvalue weighted by molar-refractivity contribution is 7.93. The van der Waals surface area contributed by atoms with Crippen LogP contribution in [0.25, 0.3) is 0 Å². The number of nitrogens with zero attached hydrogens (tertiary/aromatic N) is 1. The van der Waals surface area contributed by atoms with Gasteiger partial charge in [-0.25, -0.2) is 17.1 Å². The Hall–Kier alpha value is -1.14. The molecule has 18 heavy (non-hydrogen) atoms. The number of halogens is 2. The van der Waals surface area contributed by atoms with Crippen LogP contribution in [-0.2, 0) is 14.8 Å². The number of rotatable bonds is 4. The fraction of sp³-hybridized carbons (Fsp3) is 0.364. The third-order valence-electron chi connectivity index (χ3n) is 2.24. The number of benzene rings is 1. The first-order valence-electron chi connectivity index (χ1n) is 5.26. The van der Waals surface area contributed by atoms with Crippen molar-refractivity contribution in [3.05, 3.63) is 29.0 Å². The third-order valence-corrected chi connectivity index (χ3v) is 4.22. The first-order chi connectivity index (χ1) is 8.33. The first kappa shape index (κ1) is 14.9. The van der Waals surface area contributed by atoms with Gasteiger partial charge >= 0.3 is 0 Å². The molecule has 1 rings (SSSR count). The number of sulfonamides is 1. The molecular weight excluding hydrogens is 281 g/mol. The predicted molar refractivity (Wildman–Crippen MR) is 67.5 cm³/mol. The van der Waals surface area contributed by atoms with E-state index in [0.29, 0.717) is 4.31 Å². The Bertz CT molecular complexity index is 559. The van der Waals surface area contributed by atoms with Gasteiger partial charge in [-0.3, -0.25) is 4.79 Å². The number of amides is 1. The SMILES string of the molecule is CCC(=O)N(c1c[c]c(F)cc1Cl)S(=O)(=O)CC. The fourth-order valence-electron chi connectivity index (χ4n) is 1.30. The standard InChI is InChI=1S/C11H12ClFNO3S/c1-3-11(15)14(18(16,17)4-2)10-6-5-8(13)7-9(10)12/h6-7H,3-4H2,1-2H3. The van der Waals surface area contributed by atoms with Crippen molar-refractivity contribution in [2.24, 2.45) is 0 Å². The topological polar surface area (TPSA) is 54.5 Å². The second kappa shape index (κ2) is 5.67. The summed E-state index contributed by atoms with van der Waals surface area (Å²) in [6.45, 7) is 2.94. The van der Waals surface area contributed by atoms with E-state index in [0.717, 1.165) is 12.1 Å². The van der Waals surface area contributed by atoms with Crippen molar-refractivity contribution in [3.63, 3.8) is 0 Å². The van der Waals surface area contributed by atoms with E-state index in [1.54, 1.807) is 0 Å². The second-order valence-corrected chi connectivity index (χ2v) is 5.94. The van der Waals surface area contributed by atoms with Gasteiger partial charge in [-0.05, 0) is 19.1 Å². The highest BCUT2D eigenvalue weighted by atomic mass is 35.5. The summed E-state index contributed by atoms with van der Waals surface area (Å²) in [4.78, 5) is 11.7. The minimum atomic E-state index is -3.80. The Morgan fingerprint density at radius 2 is 2.11 bits per heavy atom. The van der Waals surface area contributed by atoms with E-state index >= 15 is 0 Å². The number of carbonyl (C=O) groups is 1. The summed E-state index contributed by atoms with van der Waals surface area (Å²) in [6, 6.07) is 4.16. The Kier molecular flexibility index (Phi) is 4.70. The van der Waals surface area contributed by atoms with Gasteiger partial charge in [0.2, 0.25) is 15.9 Å². The Morgan fingerprint density at radius 3 is 2.56 bits per heavy atom. The normalized spacial score (nSPS) is 11.3. The van der Waals surface area contributed by atoms with Gasteiger partial charge in [-0.15, -0.1) is 0 Å². The van der Waals surface area contributed by atoms with Crippen molar-refractivity contribution in [3.8, 4) is 0 Å². The lowest BCUT2D eigenvalue weighted by Gasteiger charge is -2.22. The summed E-state index contributed by atoms with van der Waals surface area (Å²) in [5, 5.41) is -0.148. The lowest BCUT2D eigenvalue weighted by molar-refractivity contribution is -0.117. The predicted octanol–water partition coefficient (Wildman–Crippen LogP) is 2.37. The maximum absolute atomic E-state index is 12.9. The fourth-order valence-corrected chi connectivity index (χ4v) is 2.73. The molecule has 0 fully saturated rings. The summed E-state index contributed by atoms with van der Waals surface area (Å²) in [5.74, 6) is -1.60. The summed E-state index contributed by atoms with van der Waals surface area (Å²) < 4.78 is 37.2. The quantitative estimate of drug-likeness (QED) is 0.856. The minimum absolute atomic E-state index is 0.00701. The summed E-state index contributed by atoms with van der Waals surface area (Å²) in [5.41, 5.74) is -0.0771. The molecule has 0 saturated carbocycles. The number of anilines is 1. The molecule has 0 spiro atoms. The molecule has 4 nitrogen and oxygen atoms in total. The van der Waals surface area contributed by atoms with E-state index in [2.05, 4.69) is 6.07 Å². The molecule has 99 valence electrons. The lowest BCUT2D eigenvalue weighted by atomic mass is 10.3. The van der Waals surface area contributed by atoms with Crippen molar-refractivity contribution < 1.29 is 17.6 Å². The zero-order valence-electron chi connectivity index (χ0n) is 9.91. The molecule has 1 amide bonds. The molecule has 1 aromatic rings. The Balaban J connectivity index is 3.40. The van der Waals surface area contributed by atoms with E-state index in [9.17, 15) is 17.6 Å². The van der Waals surface area contributed by atoms with Crippen LogP contribution in [0.3, 0.4) is 0 Å². The molecule has 0 atom stereocenters. The monoisotopic (exact) mass is 292 g/mol. The zero-order chi connectivity index (χ0) is 13.9. The molecule has 0 aliphatic heterocycles. The zero-order valence-corrected chi connectivity index (χ0v) is 11.5. The van der Waals surface area contributed by atoms with Crippen LogP contribution >= 0.6 is 11.6 Å². The van der Waals surface area contributed by atoms with E-state index < -0.39 is 21.7 Å². The van der Waals surface area contributed by atoms with Gasteiger partial charge in [0.1, 0.15) is 5.82 Å². The molecule has 7 heteroatoms. The van der Waals surface area contributed by atoms with Crippen molar-refractivity contribution in [2.75, 3.05) is 10.1 Å². The Morgan fingerprint density at radius 1 is 1.50 bits per heavy atom. The average molecular weight is 293 g/mol. The summed E-state index contributed by atoms with van der Waals surface area (Å²) >= 11 is 5.77. The van der Waals surface area contributed by atoms with Crippen LogP contribution < -0.4 is 4.31 Å². The largest absolute Gasteiger partial charge is 0.273 e. The molecule has 0 aliphatic carbocycles. The van der Waals surface area contributed by atoms with E-state index in [1.165, 1.54) is 13.8 Å². The van der Waals surface area contributed by atoms with Gasteiger partial charge < -0.3 is 0 Å². The highest BCUT2D eigenvalue weighted by Gasteiger charge is 2.28. The van der Waals surface area contributed by atoms with Crippen molar-refractivity contribution in [2.45, 2.75) is 20.3 Å². The summed E-state index contributed by atoms with van der Waals surface area (Å²) in [6.07, 6.45) is -0.00701. The molecule has 0 N–H and O–H groups in total. The molecule has 0 saturated heterocycles. The van der Waals surface area contributed by atoms with Gasteiger partial charge in [0.15, 0.2) is 0 Å². The maximum Gasteiger partial charge on any atom is 0.241 e. The lowest BCUT2D eigenvalue weighted by Crippen LogP contribution is -2.37. The molecule has 0 unspecified atom stereocenters. The molecule has 0 aliphatic rings. The van der Waals surface area contributed by atoms with Gasteiger partial charge in [-0.1, -0.05) is 18.5 Å². The molecule has 1 aromatic carbocycles. The Labute approximate surface area is 110 Å². The molecule has 1 radical (unpaired) electrons. The maximum atomic E-state index is 12.9. The van der Waals surface area contributed by atoms with Gasteiger partial charge in [0.25, 0.3) is 0 Å². The van der Waals surface area contributed by atoms with Crippen LogP contribution in [-0.4, -0.2) is 20.1 Å². The molecule has 0 heterocycles. The van der Waals surface area contributed by atoms with Crippen molar-refractivity contribution >= 4 is 33.2 Å². The van der Waals surface area contributed by atoms with Crippen LogP contribution in [0.1, 0.15) is 20.3 Å². The molecule has 0 aromatic heterocycles. The second-order valence-electron chi connectivity index (χ2n) is 3.43. The third kappa shape index (κ3) is 3.00. The van der Waals surface area contributed by atoms with Crippen LogP contribution in [0.15, 0.2) is 12.1 Å². The minimum Gasteiger partial charge on any atom is -0.273 e. The van der Waals surface area contributed by atoms with Gasteiger partial charge in [0.05, 0.1) is 16.5 Å². The van der Waals surface area contributed by atoms with Crippen LogP contribution in [0.4, 0.5) is 10.1 Å². The average Bonchev–Trinajstić information content (AvgIpc) is 2.31. The van der Waals surface area contributed by atoms with E-state index in [4.69, 9.17) is 11.6 Å². The molecular formula is C11H12ClFNO3S. The number of hydrogen-bond acceptors (Lipinski definition) is 3. The molecule has 0 bridgehead atoms. The van der Waals surface area contributed by atoms with Crippen molar-refractivity contribution in [1.82, 2.24) is 0 Å². The van der Waals surface area contributed by atoms with E-state index in [-0.39, 0.29) is 22.9 Å². The van der Waals surface area contributed by atoms with Gasteiger partial charge in [0, 0.05) is 12.5 Å². The highest BCUT2D eigenvalue weighted by Crippen LogP contribution is 2.29. The van der Waals surface area contributed by atoms with Gasteiger partial charge in [-0.2, -0.15) is 0 Å². The van der Waals surface area contributed by atoms with Crippen LogP contribution in [0.2, 0.25) is 5.02 Å². The van der Waals surface area contributed by atoms with E-state index in [1.807, 2.05) is 0 Å². The first-order valence-corrected chi connectivity index (χ1v) is 7.24. The van der Waals surface area contributed by atoms with Crippen LogP contribution in [0, 0.1) is 11.9 Å². The van der Waals surface area contributed by atoms with Crippen LogP contribution in [0.5, 0.6) is 0 Å². The smallest absolute Gasteiger partial charge is 0.241 e. The van der Waals surface area contributed by atoms with Crippen molar-refractivity contribution in [1.29, 1.82) is 0 Å². The summed E-state index contributed by atoms with van der Waals surface area (Å²) in [7, 11) is -3.80. The number of hydrogen-bond donors (Lipinski definition) is 0. The number of carbonyl (C=O) groups excluding carboxylic acids is 1.